The molecule has 0 saturated heterocycles. The highest BCUT2D eigenvalue weighted by Crippen LogP contribution is 2.26. The van der Waals surface area contributed by atoms with Crippen LogP contribution in [0.5, 0.6) is 0 Å². The van der Waals surface area contributed by atoms with E-state index in [0.717, 1.165) is 16.9 Å². The van der Waals surface area contributed by atoms with Gasteiger partial charge in [0.05, 0.1) is 10.6 Å². The summed E-state index contributed by atoms with van der Waals surface area (Å²) in [5, 5.41) is 1.88. The number of Topliss-reactive ketones (excluding diaryl/α,β-unsaturated/α-hetero) is 1. The number of nitrogens with zero attached hydrogens (tertiary/aromatic N) is 1. The Balaban J connectivity index is 1.92. The number of hydrogen-bond acceptors (Lipinski definition) is 3. The van der Waals surface area contributed by atoms with Crippen molar-refractivity contribution in [1.29, 1.82) is 0 Å². The van der Waals surface area contributed by atoms with E-state index in [4.69, 9.17) is 0 Å². The summed E-state index contributed by atoms with van der Waals surface area (Å²) < 4.78 is 0. The molecular formula is C20H15NOS. The summed E-state index contributed by atoms with van der Waals surface area (Å²) in [6.07, 6.45) is 0. The van der Waals surface area contributed by atoms with Crippen LogP contribution in [0, 0.1) is 11.8 Å². The zero-order valence-electron chi connectivity index (χ0n) is 12.7. The van der Waals surface area contributed by atoms with Gasteiger partial charge in [-0.3, -0.25) is 4.79 Å². The van der Waals surface area contributed by atoms with Crippen LogP contribution in [0.3, 0.4) is 0 Å². The maximum absolute atomic E-state index is 12.1. The van der Waals surface area contributed by atoms with Gasteiger partial charge in [0.1, 0.15) is 0 Å². The van der Waals surface area contributed by atoms with Crippen molar-refractivity contribution in [1.82, 2.24) is 0 Å². The zero-order valence-corrected chi connectivity index (χ0v) is 13.5. The monoisotopic (exact) mass is 317 g/mol. The first-order valence-corrected chi connectivity index (χ1v) is 8.11. The number of benzene rings is 2. The van der Waals surface area contributed by atoms with Gasteiger partial charge in [-0.25, -0.2) is 0 Å². The fourth-order valence-electron chi connectivity index (χ4n) is 2.26. The second kappa shape index (κ2) is 6.95. The Morgan fingerprint density at radius 2 is 1.70 bits per heavy atom. The molecule has 0 aliphatic rings. The third-order valence-electron chi connectivity index (χ3n) is 3.46. The predicted molar refractivity (Wildman–Crippen MR) is 96.5 cm³/mol. The molecule has 112 valence electrons. The van der Waals surface area contributed by atoms with Gasteiger partial charge in [-0.2, -0.15) is 0 Å². The molecule has 0 N–H and O–H groups in total. The van der Waals surface area contributed by atoms with Gasteiger partial charge < -0.3 is 4.90 Å². The largest absolute Gasteiger partial charge is 0.344 e. The Bertz CT molecular complexity index is 857. The maximum atomic E-state index is 12.1. The Morgan fingerprint density at radius 3 is 2.43 bits per heavy atom. The van der Waals surface area contributed by atoms with Crippen molar-refractivity contribution >= 4 is 28.5 Å². The van der Waals surface area contributed by atoms with Gasteiger partial charge in [-0.05, 0) is 41.6 Å². The molecule has 3 heteroatoms. The molecule has 0 unspecified atom stereocenters. The molecule has 0 atom stereocenters. The smallest absolute Gasteiger partial charge is 0.246 e. The van der Waals surface area contributed by atoms with E-state index in [1.807, 2.05) is 73.1 Å². The van der Waals surface area contributed by atoms with Gasteiger partial charge in [0, 0.05) is 18.3 Å². The van der Waals surface area contributed by atoms with Crippen LogP contribution in [0.2, 0.25) is 0 Å². The van der Waals surface area contributed by atoms with E-state index in [2.05, 4.69) is 16.7 Å². The Labute approximate surface area is 140 Å². The lowest BCUT2D eigenvalue weighted by atomic mass is 10.1. The highest BCUT2D eigenvalue weighted by Gasteiger charge is 2.08. The number of anilines is 2. The van der Waals surface area contributed by atoms with E-state index in [1.54, 1.807) is 6.07 Å². The second-order valence-corrected chi connectivity index (χ2v) is 5.92. The van der Waals surface area contributed by atoms with Crippen molar-refractivity contribution in [2.45, 2.75) is 0 Å². The molecule has 0 aliphatic heterocycles. The van der Waals surface area contributed by atoms with Gasteiger partial charge in [-0.1, -0.05) is 42.3 Å². The second-order valence-electron chi connectivity index (χ2n) is 4.97. The van der Waals surface area contributed by atoms with Crippen LogP contribution in [-0.2, 0) is 0 Å². The van der Waals surface area contributed by atoms with Crippen LogP contribution < -0.4 is 4.90 Å². The van der Waals surface area contributed by atoms with E-state index < -0.39 is 0 Å². The van der Waals surface area contributed by atoms with Crippen LogP contribution in [0.25, 0.3) is 0 Å². The quantitative estimate of drug-likeness (QED) is 0.513. The lowest BCUT2D eigenvalue weighted by Crippen LogP contribution is -2.10. The summed E-state index contributed by atoms with van der Waals surface area (Å²) >= 11 is 1.41. The highest BCUT2D eigenvalue weighted by molar-refractivity contribution is 7.12. The minimum atomic E-state index is -0.142. The van der Waals surface area contributed by atoms with Crippen molar-refractivity contribution in [2.75, 3.05) is 11.9 Å². The van der Waals surface area contributed by atoms with Gasteiger partial charge in [-0.15, -0.1) is 11.3 Å². The normalized spacial score (nSPS) is 9.78. The van der Waals surface area contributed by atoms with Gasteiger partial charge >= 0.3 is 0 Å². The molecule has 1 aromatic heterocycles. The number of para-hydroxylation sites is 2. The fraction of sp³-hybridized carbons (Fsp3) is 0.0500. The number of carbonyl (C=O) groups is 1. The minimum absolute atomic E-state index is 0.142. The molecule has 1 heterocycles. The topological polar surface area (TPSA) is 20.3 Å². The Kier molecular flexibility index (Phi) is 4.56. The molecule has 0 spiro atoms. The van der Waals surface area contributed by atoms with E-state index in [9.17, 15) is 4.79 Å². The number of hydrogen-bond donors (Lipinski definition) is 0. The lowest BCUT2D eigenvalue weighted by molar-refractivity contribution is 0.106. The summed E-state index contributed by atoms with van der Waals surface area (Å²) in [7, 11) is 2.00. The van der Waals surface area contributed by atoms with Crippen molar-refractivity contribution in [3.8, 4) is 11.8 Å². The summed E-state index contributed by atoms with van der Waals surface area (Å²) in [5.41, 5.74) is 2.89. The van der Waals surface area contributed by atoms with Crippen molar-refractivity contribution in [3.63, 3.8) is 0 Å². The lowest BCUT2D eigenvalue weighted by Gasteiger charge is -2.20. The Hall–Kier alpha value is -2.83. The summed E-state index contributed by atoms with van der Waals surface area (Å²) in [4.78, 5) is 14.8. The molecule has 0 amide bonds. The average molecular weight is 317 g/mol. The molecule has 0 radical (unpaired) electrons. The van der Waals surface area contributed by atoms with Gasteiger partial charge in [0.25, 0.3) is 0 Å². The predicted octanol–water partition coefficient (Wildman–Crippen LogP) is 4.75. The summed E-state index contributed by atoms with van der Waals surface area (Å²) in [6, 6.07) is 21.6. The molecule has 3 rings (SSSR count). The van der Waals surface area contributed by atoms with Crippen LogP contribution in [0.4, 0.5) is 11.4 Å². The minimum Gasteiger partial charge on any atom is -0.344 e. The molecule has 0 aliphatic carbocycles. The number of rotatable bonds is 3. The van der Waals surface area contributed by atoms with Crippen molar-refractivity contribution < 1.29 is 4.79 Å². The average Bonchev–Trinajstić information content (AvgIpc) is 3.15. The first-order valence-electron chi connectivity index (χ1n) is 7.23. The summed E-state index contributed by atoms with van der Waals surface area (Å²) in [5.74, 6) is 5.62. The molecular weight excluding hydrogens is 302 g/mol. The van der Waals surface area contributed by atoms with Gasteiger partial charge in [0.2, 0.25) is 5.78 Å². The SMILES string of the molecule is CN(c1ccccc1)c1ccccc1C#CC(=O)c1cccs1. The molecule has 23 heavy (non-hydrogen) atoms. The summed E-state index contributed by atoms with van der Waals surface area (Å²) in [6.45, 7) is 0. The number of carbonyl (C=O) groups excluding carboxylic acids is 1. The molecule has 2 nitrogen and oxygen atoms in total. The standard InChI is InChI=1S/C20H15NOS/c1-21(17-9-3-2-4-10-17)18-11-6-5-8-16(18)13-14-19(22)20-12-7-15-23-20/h2-12,15H,1H3. The maximum Gasteiger partial charge on any atom is 0.246 e. The van der Waals surface area contributed by atoms with Crippen LogP contribution in [0.1, 0.15) is 15.2 Å². The first kappa shape index (κ1) is 15.1. The van der Waals surface area contributed by atoms with Crippen LogP contribution >= 0.6 is 11.3 Å². The van der Waals surface area contributed by atoms with E-state index in [0.29, 0.717) is 4.88 Å². The molecule has 2 aromatic carbocycles. The van der Waals surface area contributed by atoms with Crippen LogP contribution in [-0.4, -0.2) is 12.8 Å². The third kappa shape index (κ3) is 3.50. The highest BCUT2D eigenvalue weighted by atomic mass is 32.1. The van der Waals surface area contributed by atoms with Crippen molar-refractivity contribution in [2.24, 2.45) is 0 Å². The third-order valence-corrected chi connectivity index (χ3v) is 4.33. The first-order chi connectivity index (χ1) is 11.3. The van der Waals surface area contributed by atoms with Crippen LogP contribution in [0.15, 0.2) is 72.1 Å². The van der Waals surface area contributed by atoms with Crippen molar-refractivity contribution in [3.05, 3.63) is 82.6 Å². The number of ketones is 1. The molecule has 3 aromatic rings. The van der Waals surface area contributed by atoms with E-state index in [-0.39, 0.29) is 5.78 Å². The van der Waals surface area contributed by atoms with E-state index in [1.165, 1.54) is 11.3 Å². The van der Waals surface area contributed by atoms with Gasteiger partial charge in [0.15, 0.2) is 0 Å². The Morgan fingerprint density at radius 1 is 0.957 bits per heavy atom. The zero-order chi connectivity index (χ0) is 16.1. The fourth-order valence-corrected chi connectivity index (χ4v) is 2.87. The number of thiophene rings is 1. The van der Waals surface area contributed by atoms with E-state index >= 15 is 0 Å². The molecule has 0 fully saturated rings. The molecule has 0 saturated carbocycles. The molecule has 0 bridgehead atoms.